The molecule has 8 N–H and O–H groups in total. The lowest BCUT2D eigenvalue weighted by molar-refractivity contribution is -0.142. The molecule has 0 aromatic heterocycles. The summed E-state index contributed by atoms with van der Waals surface area (Å²) in [6, 6.07) is 2.18. The smallest absolute Gasteiger partial charge is 0.326 e. The minimum atomic E-state index is -1.17. The highest BCUT2D eigenvalue weighted by molar-refractivity contribution is 7.98. The maximum absolute atomic E-state index is 13.4. The zero-order chi connectivity index (χ0) is 30.9. The van der Waals surface area contributed by atoms with Crippen LogP contribution in [0.3, 0.4) is 0 Å². The summed E-state index contributed by atoms with van der Waals surface area (Å²) in [6.07, 6.45) is 4.72. The summed E-state index contributed by atoms with van der Waals surface area (Å²) in [6.45, 7) is 3.20. The fraction of sp³-hybridized carbons (Fsp3) is 0.593. The molecule has 0 saturated heterocycles. The number of aliphatic carboxylic acids is 1. The zero-order valence-electron chi connectivity index (χ0n) is 24.0. The molecular weight excluding hydrogens is 570 g/mol. The van der Waals surface area contributed by atoms with E-state index in [0.717, 1.165) is 0 Å². The van der Waals surface area contributed by atoms with Gasteiger partial charge in [0.25, 0.3) is 0 Å². The third-order valence-electron chi connectivity index (χ3n) is 5.99. The van der Waals surface area contributed by atoms with Crippen molar-refractivity contribution in [3.05, 3.63) is 29.8 Å². The van der Waals surface area contributed by atoms with Gasteiger partial charge < -0.3 is 37.2 Å². The van der Waals surface area contributed by atoms with Crippen LogP contribution in [-0.2, 0) is 30.4 Å². The van der Waals surface area contributed by atoms with Crippen molar-refractivity contribution in [1.82, 2.24) is 21.3 Å². The fourth-order valence-electron chi connectivity index (χ4n) is 3.74. The molecule has 41 heavy (non-hydrogen) atoms. The van der Waals surface area contributed by atoms with Crippen molar-refractivity contribution in [2.75, 3.05) is 30.6 Å². The Kier molecular flexibility index (Phi) is 16.9. The molecule has 14 heteroatoms. The van der Waals surface area contributed by atoms with E-state index in [2.05, 4.69) is 21.3 Å². The average molecular weight is 614 g/mol. The van der Waals surface area contributed by atoms with Crippen LogP contribution in [0.25, 0.3) is 0 Å². The van der Waals surface area contributed by atoms with Gasteiger partial charge in [-0.1, -0.05) is 26.0 Å². The quantitative estimate of drug-likeness (QED) is 0.115. The van der Waals surface area contributed by atoms with Crippen molar-refractivity contribution in [2.24, 2.45) is 11.7 Å². The number of aromatic hydroxyl groups is 1. The van der Waals surface area contributed by atoms with Crippen molar-refractivity contribution < 1.29 is 34.2 Å². The summed E-state index contributed by atoms with van der Waals surface area (Å²) < 4.78 is 0. The predicted molar refractivity (Wildman–Crippen MR) is 162 cm³/mol. The predicted octanol–water partition coefficient (Wildman–Crippen LogP) is 0.470. The second kappa shape index (κ2) is 19.2. The normalized spacial score (nSPS) is 13.9. The third-order valence-corrected chi connectivity index (χ3v) is 7.27. The summed E-state index contributed by atoms with van der Waals surface area (Å²) >= 11 is 3.01. The molecule has 0 aliphatic carbocycles. The first-order chi connectivity index (χ1) is 19.4. The number of carboxylic acids is 1. The van der Waals surface area contributed by atoms with Gasteiger partial charge >= 0.3 is 5.97 Å². The summed E-state index contributed by atoms with van der Waals surface area (Å²) in [5.74, 6) is -2.30. The molecule has 0 fully saturated rings. The zero-order valence-corrected chi connectivity index (χ0v) is 25.6. The molecule has 1 aromatic carbocycles. The number of phenolic OH excluding ortho intramolecular Hbond substituents is 1. The molecule has 1 rings (SSSR count). The molecule has 0 spiro atoms. The molecule has 1 aromatic rings. The Balaban J connectivity index is 2.98. The van der Waals surface area contributed by atoms with E-state index in [-0.39, 0.29) is 30.9 Å². The van der Waals surface area contributed by atoms with Crippen molar-refractivity contribution in [2.45, 2.75) is 63.7 Å². The van der Waals surface area contributed by atoms with Crippen molar-refractivity contribution >= 4 is 53.1 Å². The lowest BCUT2D eigenvalue weighted by Crippen LogP contribution is -2.57. The van der Waals surface area contributed by atoms with Crippen molar-refractivity contribution in [3.8, 4) is 5.75 Å². The van der Waals surface area contributed by atoms with Crippen LogP contribution in [-0.4, -0.2) is 94.5 Å². The summed E-state index contributed by atoms with van der Waals surface area (Å²) in [4.78, 5) is 62.9. The third kappa shape index (κ3) is 14.5. The molecule has 4 amide bonds. The van der Waals surface area contributed by atoms with Crippen LogP contribution in [0.5, 0.6) is 5.75 Å². The van der Waals surface area contributed by atoms with E-state index in [1.807, 2.05) is 26.4 Å². The second-order valence-electron chi connectivity index (χ2n) is 9.97. The van der Waals surface area contributed by atoms with Crippen LogP contribution in [0.15, 0.2) is 24.3 Å². The number of carbonyl (C=O) groups excluding carboxylic acids is 4. The number of carboxylic acid groups (broad SMARTS) is 1. The standard InChI is InChI=1S/C27H43N5O7S2/c1-16(2)13-22(27(38)39)30-23(34)15-29-25(36)20(10-12-41-4)31-26(37)21(14-17-5-7-18(33)8-6-17)32-24(35)19(28)9-11-40-3/h5-8,16,19-22,33H,9-15,28H2,1-4H3,(H,29,36)(H,30,34)(H,31,37)(H,32,35)(H,38,39)/t19-,20-,21-,22-/m0/s1. The molecule has 0 aliphatic heterocycles. The molecular formula is C27H43N5O7S2. The van der Waals surface area contributed by atoms with E-state index >= 15 is 0 Å². The first-order valence-electron chi connectivity index (χ1n) is 13.3. The highest BCUT2D eigenvalue weighted by atomic mass is 32.2. The van der Waals surface area contributed by atoms with Gasteiger partial charge in [0.15, 0.2) is 0 Å². The first-order valence-corrected chi connectivity index (χ1v) is 16.1. The van der Waals surface area contributed by atoms with E-state index in [1.54, 1.807) is 23.9 Å². The van der Waals surface area contributed by atoms with Gasteiger partial charge in [0, 0.05) is 6.42 Å². The highest BCUT2D eigenvalue weighted by Gasteiger charge is 2.29. The summed E-state index contributed by atoms with van der Waals surface area (Å²) in [7, 11) is 0. The Hall–Kier alpha value is -2.97. The molecule has 0 heterocycles. The van der Waals surface area contributed by atoms with E-state index in [1.165, 1.54) is 23.9 Å². The van der Waals surface area contributed by atoms with Crippen LogP contribution in [0.4, 0.5) is 0 Å². The number of thioether (sulfide) groups is 2. The Morgan fingerprint density at radius 3 is 1.98 bits per heavy atom. The Labute approximate surface area is 249 Å². The van der Waals surface area contributed by atoms with Crippen molar-refractivity contribution in [1.29, 1.82) is 0 Å². The molecule has 230 valence electrons. The molecule has 0 unspecified atom stereocenters. The van der Waals surface area contributed by atoms with Gasteiger partial charge in [-0.15, -0.1) is 0 Å². The average Bonchev–Trinajstić information content (AvgIpc) is 2.92. The maximum atomic E-state index is 13.4. The lowest BCUT2D eigenvalue weighted by atomic mass is 10.0. The number of hydrogen-bond acceptors (Lipinski definition) is 9. The number of phenols is 1. The maximum Gasteiger partial charge on any atom is 0.326 e. The Bertz CT molecular complexity index is 1010. The summed E-state index contributed by atoms with van der Waals surface area (Å²) in [5, 5.41) is 29.2. The van der Waals surface area contributed by atoms with E-state index < -0.39 is 60.3 Å². The number of carbonyl (C=O) groups is 5. The SMILES string of the molecule is CSCC[C@H](NC(=O)[C@H](Cc1ccc(O)cc1)NC(=O)[C@@H](N)CCSC)C(=O)NCC(=O)N[C@@H](CC(C)C)C(=O)O. The Morgan fingerprint density at radius 2 is 1.41 bits per heavy atom. The topological polar surface area (TPSA) is 200 Å². The highest BCUT2D eigenvalue weighted by Crippen LogP contribution is 2.12. The number of amides is 4. The van der Waals surface area contributed by atoms with Crippen LogP contribution >= 0.6 is 23.5 Å². The molecule has 0 aliphatic rings. The van der Waals surface area contributed by atoms with Crippen LogP contribution in [0.1, 0.15) is 38.7 Å². The van der Waals surface area contributed by atoms with Crippen LogP contribution in [0.2, 0.25) is 0 Å². The molecule has 12 nitrogen and oxygen atoms in total. The van der Waals surface area contributed by atoms with Crippen LogP contribution < -0.4 is 27.0 Å². The van der Waals surface area contributed by atoms with E-state index in [9.17, 15) is 34.2 Å². The van der Waals surface area contributed by atoms with Gasteiger partial charge in [0.05, 0.1) is 12.6 Å². The van der Waals surface area contributed by atoms with Gasteiger partial charge in [0.2, 0.25) is 23.6 Å². The number of nitrogens with one attached hydrogen (secondary N) is 4. The minimum Gasteiger partial charge on any atom is -0.508 e. The number of hydrogen-bond donors (Lipinski definition) is 7. The first kappa shape index (κ1) is 36.1. The second-order valence-corrected chi connectivity index (χ2v) is 11.9. The van der Waals surface area contributed by atoms with Gasteiger partial charge in [-0.25, -0.2) is 4.79 Å². The van der Waals surface area contributed by atoms with Crippen LogP contribution in [0, 0.1) is 5.92 Å². The van der Waals surface area contributed by atoms with Gasteiger partial charge in [0.1, 0.15) is 23.9 Å². The van der Waals surface area contributed by atoms with E-state index in [0.29, 0.717) is 23.5 Å². The lowest BCUT2D eigenvalue weighted by Gasteiger charge is -2.24. The largest absolute Gasteiger partial charge is 0.508 e. The molecule has 0 bridgehead atoms. The van der Waals surface area contributed by atoms with Gasteiger partial charge in [-0.3, -0.25) is 19.2 Å². The van der Waals surface area contributed by atoms with Crippen molar-refractivity contribution in [3.63, 3.8) is 0 Å². The van der Waals surface area contributed by atoms with Gasteiger partial charge in [-0.05, 0) is 66.9 Å². The molecule has 0 radical (unpaired) electrons. The number of benzene rings is 1. The number of rotatable bonds is 19. The van der Waals surface area contributed by atoms with E-state index in [4.69, 9.17) is 5.73 Å². The summed E-state index contributed by atoms with van der Waals surface area (Å²) in [5.41, 5.74) is 6.66. The fourth-order valence-corrected chi connectivity index (χ4v) is 4.70. The van der Waals surface area contributed by atoms with Gasteiger partial charge in [-0.2, -0.15) is 23.5 Å². The Morgan fingerprint density at radius 1 is 0.829 bits per heavy atom. The molecule has 4 atom stereocenters. The minimum absolute atomic E-state index is 0.0345. The monoisotopic (exact) mass is 613 g/mol. The molecule has 0 saturated carbocycles. The number of nitrogens with two attached hydrogens (primary N) is 1.